The topological polar surface area (TPSA) is 86.7 Å². The predicted molar refractivity (Wildman–Crippen MR) is 94.6 cm³/mol. The van der Waals surface area contributed by atoms with Crippen molar-refractivity contribution in [3.05, 3.63) is 34.9 Å². The minimum Gasteiger partial charge on any atom is -0.481 e. The second-order valence-electron chi connectivity index (χ2n) is 6.43. The number of nitrogens with one attached hydrogen (secondary N) is 1. The molecule has 0 saturated carbocycles. The predicted octanol–water partition coefficient (Wildman–Crippen LogP) is 2.56. The fraction of sp³-hybridized carbons (Fsp3) is 0.500. The molecule has 0 spiro atoms. The number of hydrogen-bond acceptors (Lipinski definition) is 3. The van der Waals surface area contributed by atoms with Crippen LogP contribution in [0.5, 0.6) is 0 Å². The number of carbonyl (C=O) groups is 3. The first kappa shape index (κ1) is 19.2. The third-order valence-corrected chi connectivity index (χ3v) is 4.67. The molecular formula is C18H23ClN2O4. The summed E-state index contributed by atoms with van der Waals surface area (Å²) >= 11 is 5.80. The van der Waals surface area contributed by atoms with E-state index < -0.39 is 12.0 Å². The van der Waals surface area contributed by atoms with Gasteiger partial charge >= 0.3 is 5.97 Å². The fourth-order valence-corrected chi connectivity index (χ4v) is 3.17. The zero-order valence-electron chi connectivity index (χ0n) is 14.2. The van der Waals surface area contributed by atoms with Crippen molar-refractivity contribution in [1.82, 2.24) is 10.2 Å². The van der Waals surface area contributed by atoms with Crippen LogP contribution in [0.2, 0.25) is 5.02 Å². The van der Waals surface area contributed by atoms with E-state index in [1.165, 1.54) is 0 Å². The fourth-order valence-electron chi connectivity index (χ4n) is 3.05. The molecule has 1 aromatic rings. The molecule has 1 aliphatic heterocycles. The molecule has 0 aromatic heterocycles. The molecule has 2 unspecified atom stereocenters. The summed E-state index contributed by atoms with van der Waals surface area (Å²) in [7, 11) is 0. The first-order chi connectivity index (χ1) is 11.9. The van der Waals surface area contributed by atoms with Crippen LogP contribution in [0.3, 0.4) is 0 Å². The van der Waals surface area contributed by atoms with E-state index in [0.717, 1.165) is 12.8 Å². The summed E-state index contributed by atoms with van der Waals surface area (Å²) in [5.74, 6) is -1.07. The molecular weight excluding hydrogens is 344 g/mol. The number of carboxylic acid groups (broad SMARTS) is 1. The molecule has 25 heavy (non-hydrogen) atoms. The van der Waals surface area contributed by atoms with Gasteiger partial charge in [0.1, 0.15) is 6.04 Å². The number of piperidine rings is 1. The van der Waals surface area contributed by atoms with Gasteiger partial charge in [-0.05, 0) is 56.4 Å². The molecule has 0 aliphatic carbocycles. The molecule has 2 rings (SSSR count). The molecule has 2 amide bonds. The zero-order chi connectivity index (χ0) is 18.4. The van der Waals surface area contributed by atoms with Gasteiger partial charge in [-0.25, -0.2) is 0 Å². The Morgan fingerprint density at radius 3 is 2.64 bits per heavy atom. The van der Waals surface area contributed by atoms with Gasteiger partial charge in [-0.2, -0.15) is 0 Å². The van der Waals surface area contributed by atoms with Crippen molar-refractivity contribution in [2.45, 2.75) is 38.6 Å². The summed E-state index contributed by atoms with van der Waals surface area (Å²) in [6.45, 7) is 2.86. The second-order valence-corrected chi connectivity index (χ2v) is 6.86. The third kappa shape index (κ3) is 5.74. The summed E-state index contributed by atoms with van der Waals surface area (Å²) in [6.07, 6.45) is 2.48. The number of benzene rings is 1. The van der Waals surface area contributed by atoms with Crippen LogP contribution in [0.1, 0.15) is 43.0 Å². The van der Waals surface area contributed by atoms with Gasteiger partial charge in [-0.3, -0.25) is 14.4 Å². The molecule has 6 nitrogen and oxygen atoms in total. The highest BCUT2D eigenvalue weighted by atomic mass is 35.5. The Morgan fingerprint density at radius 2 is 2.00 bits per heavy atom. The van der Waals surface area contributed by atoms with Crippen molar-refractivity contribution in [1.29, 1.82) is 0 Å². The van der Waals surface area contributed by atoms with E-state index in [1.54, 1.807) is 36.1 Å². The number of carboxylic acids is 1. The standard InChI is InChI=1S/C18H23ClN2O4/c1-12(20-17(24)14-5-7-15(19)8-6-14)18(25)21-10-2-3-13(11-21)4-9-16(22)23/h5-8,12-13H,2-4,9-11H2,1H3,(H,20,24)(H,22,23). The van der Waals surface area contributed by atoms with E-state index in [1.807, 2.05) is 0 Å². The maximum absolute atomic E-state index is 12.6. The van der Waals surface area contributed by atoms with Gasteiger partial charge in [0.25, 0.3) is 5.91 Å². The largest absolute Gasteiger partial charge is 0.481 e. The number of hydrogen-bond donors (Lipinski definition) is 2. The van der Waals surface area contributed by atoms with Crippen LogP contribution >= 0.6 is 11.6 Å². The monoisotopic (exact) mass is 366 g/mol. The summed E-state index contributed by atoms with van der Waals surface area (Å²) in [6, 6.07) is 5.83. The van der Waals surface area contributed by atoms with E-state index in [9.17, 15) is 14.4 Å². The highest BCUT2D eigenvalue weighted by Crippen LogP contribution is 2.21. The second kappa shape index (κ2) is 8.85. The summed E-state index contributed by atoms with van der Waals surface area (Å²) in [5.41, 5.74) is 0.446. The Labute approximate surface area is 152 Å². The SMILES string of the molecule is CC(NC(=O)c1ccc(Cl)cc1)C(=O)N1CCCC(CCC(=O)O)C1. The lowest BCUT2D eigenvalue weighted by atomic mass is 9.93. The molecule has 0 bridgehead atoms. The quantitative estimate of drug-likeness (QED) is 0.810. The molecule has 1 fully saturated rings. The molecule has 1 aromatic carbocycles. The van der Waals surface area contributed by atoms with E-state index in [2.05, 4.69) is 5.32 Å². The van der Waals surface area contributed by atoms with Crippen molar-refractivity contribution < 1.29 is 19.5 Å². The number of nitrogens with zero attached hydrogens (tertiary/aromatic N) is 1. The third-order valence-electron chi connectivity index (χ3n) is 4.42. The van der Waals surface area contributed by atoms with E-state index >= 15 is 0 Å². The summed E-state index contributed by atoms with van der Waals surface area (Å²) < 4.78 is 0. The lowest BCUT2D eigenvalue weighted by molar-refractivity contribution is -0.137. The molecule has 7 heteroatoms. The molecule has 2 atom stereocenters. The van der Waals surface area contributed by atoms with E-state index in [0.29, 0.717) is 30.1 Å². The Kier molecular flexibility index (Phi) is 6.82. The maximum Gasteiger partial charge on any atom is 0.303 e. The number of rotatable bonds is 6. The van der Waals surface area contributed by atoms with E-state index in [4.69, 9.17) is 16.7 Å². The molecule has 2 N–H and O–H groups in total. The normalized spacial score (nSPS) is 18.5. The minimum atomic E-state index is -0.813. The van der Waals surface area contributed by atoms with Gasteiger partial charge in [0.15, 0.2) is 0 Å². The van der Waals surface area contributed by atoms with Gasteiger partial charge in [0.2, 0.25) is 5.91 Å². The number of amides is 2. The number of aliphatic carboxylic acids is 1. The number of halogens is 1. The molecule has 1 saturated heterocycles. The first-order valence-electron chi connectivity index (χ1n) is 8.44. The van der Waals surface area contributed by atoms with Crippen LogP contribution in [0.25, 0.3) is 0 Å². The van der Waals surface area contributed by atoms with Crippen LogP contribution in [0, 0.1) is 5.92 Å². The Hall–Kier alpha value is -2.08. The van der Waals surface area contributed by atoms with Crippen molar-refractivity contribution in [2.24, 2.45) is 5.92 Å². The minimum absolute atomic E-state index is 0.121. The van der Waals surface area contributed by atoms with Gasteiger partial charge < -0.3 is 15.3 Å². The van der Waals surface area contributed by atoms with Crippen molar-refractivity contribution in [3.63, 3.8) is 0 Å². The van der Waals surface area contributed by atoms with Gasteiger partial charge in [-0.1, -0.05) is 11.6 Å². The Morgan fingerprint density at radius 1 is 1.32 bits per heavy atom. The average Bonchev–Trinajstić information content (AvgIpc) is 2.60. The molecule has 1 aliphatic rings. The van der Waals surface area contributed by atoms with Crippen LogP contribution < -0.4 is 5.32 Å². The van der Waals surface area contributed by atoms with Crippen molar-refractivity contribution in [3.8, 4) is 0 Å². The highest BCUT2D eigenvalue weighted by Gasteiger charge is 2.27. The zero-order valence-corrected chi connectivity index (χ0v) is 15.0. The van der Waals surface area contributed by atoms with E-state index in [-0.39, 0.29) is 24.2 Å². The highest BCUT2D eigenvalue weighted by molar-refractivity contribution is 6.30. The van der Waals surface area contributed by atoms with Crippen LogP contribution in [0.4, 0.5) is 0 Å². The van der Waals surface area contributed by atoms with Gasteiger partial charge in [0, 0.05) is 30.1 Å². The van der Waals surface area contributed by atoms with Crippen LogP contribution in [-0.4, -0.2) is 46.9 Å². The molecule has 136 valence electrons. The Bertz CT molecular complexity index is 632. The maximum atomic E-state index is 12.6. The lowest BCUT2D eigenvalue weighted by Crippen LogP contribution is -2.50. The van der Waals surface area contributed by atoms with Gasteiger partial charge in [0.05, 0.1) is 0 Å². The lowest BCUT2D eigenvalue weighted by Gasteiger charge is -2.34. The molecule has 1 heterocycles. The Balaban J connectivity index is 1.89. The van der Waals surface area contributed by atoms with Crippen LogP contribution in [-0.2, 0) is 9.59 Å². The number of likely N-dealkylation sites (tertiary alicyclic amines) is 1. The van der Waals surface area contributed by atoms with Crippen LogP contribution in [0.15, 0.2) is 24.3 Å². The van der Waals surface area contributed by atoms with Crippen molar-refractivity contribution in [2.75, 3.05) is 13.1 Å². The first-order valence-corrected chi connectivity index (χ1v) is 8.81. The van der Waals surface area contributed by atoms with Crippen molar-refractivity contribution >= 4 is 29.4 Å². The van der Waals surface area contributed by atoms with Gasteiger partial charge in [-0.15, -0.1) is 0 Å². The average molecular weight is 367 g/mol. The summed E-state index contributed by atoms with van der Waals surface area (Å²) in [4.78, 5) is 37.2. The number of carbonyl (C=O) groups excluding carboxylic acids is 2. The smallest absolute Gasteiger partial charge is 0.303 e. The summed E-state index contributed by atoms with van der Waals surface area (Å²) in [5, 5.41) is 12.0. The molecule has 0 radical (unpaired) electrons.